The Bertz CT molecular complexity index is 256. The van der Waals surface area contributed by atoms with Gasteiger partial charge < -0.3 is 14.6 Å². The van der Waals surface area contributed by atoms with Gasteiger partial charge in [-0.1, -0.05) is 24.3 Å². The second-order valence-electron chi connectivity index (χ2n) is 4.49. The van der Waals surface area contributed by atoms with Crippen LogP contribution in [0.2, 0.25) is 0 Å². The Balaban J connectivity index is 2.36. The fourth-order valence-electron chi connectivity index (χ4n) is 1.75. The van der Waals surface area contributed by atoms with Gasteiger partial charge in [0.15, 0.2) is 5.79 Å². The van der Waals surface area contributed by atoms with Gasteiger partial charge in [-0.3, -0.25) is 0 Å². The number of hydrogen-bond acceptors (Lipinski definition) is 3. The summed E-state index contributed by atoms with van der Waals surface area (Å²) in [6, 6.07) is 0. The lowest BCUT2D eigenvalue weighted by Gasteiger charge is -2.36. The summed E-state index contributed by atoms with van der Waals surface area (Å²) in [5.74, 6) is -0.518. The molecule has 1 saturated heterocycles. The summed E-state index contributed by atoms with van der Waals surface area (Å²) in [5.41, 5.74) is 0. The molecule has 1 aliphatic rings. The molecule has 1 N–H and O–H groups in total. The van der Waals surface area contributed by atoms with Crippen LogP contribution in [0.25, 0.3) is 0 Å². The smallest absolute Gasteiger partial charge is 0.163 e. The third kappa shape index (κ3) is 4.92. The molecule has 2 atom stereocenters. The standard InChI is InChI=1S/C13H22O3/c1-4-5-6-7-11(14)10-12-8-9-15-13(2,3)16-12/h4-7,11-12,14H,8-10H2,1-3H3/b5-4+,7-6+. The molecule has 1 aliphatic heterocycles. The van der Waals surface area contributed by atoms with Crippen molar-refractivity contribution in [1.82, 2.24) is 0 Å². The lowest BCUT2D eigenvalue weighted by atomic mass is 10.1. The fraction of sp³-hybridized carbons (Fsp3) is 0.692. The van der Waals surface area contributed by atoms with Crippen LogP contribution in [0.4, 0.5) is 0 Å². The Labute approximate surface area is 97.8 Å². The summed E-state index contributed by atoms with van der Waals surface area (Å²) in [6.07, 6.45) is 8.57. The van der Waals surface area contributed by atoms with Gasteiger partial charge in [-0.25, -0.2) is 0 Å². The summed E-state index contributed by atoms with van der Waals surface area (Å²) in [7, 11) is 0. The monoisotopic (exact) mass is 226 g/mol. The Morgan fingerprint density at radius 1 is 1.44 bits per heavy atom. The fourth-order valence-corrected chi connectivity index (χ4v) is 1.75. The summed E-state index contributed by atoms with van der Waals surface area (Å²) in [5, 5.41) is 9.76. The van der Waals surface area contributed by atoms with Gasteiger partial charge in [-0.15, -0.1) is 0 Å². The molecule has 2 unspecified atom stereocenters. The van der Waals surface area contributed by atoms with Crippen molar-refractivity contribution in [3.05, 3.63) is 24.3 Å². The normalized spacial score (nSPS) is 27.6. The van der Waals surface area contributed by atoms with E-state index in [1.165, 1.54) is 0 Å². The molecular formula is C13H22O3. The van der Waals surface area contributed by atoms with Gasteiger partial charge in [0.1, 0.15) is 0 Å². The van der Waals surface area contributed by atoms with E-state index in [4.69, 9.17) is 9.47 Å². The maximum Gasteiger partial charge on any atom is 0.163 e. The average Bonchev–Trinajstić information content (AvgIpc) is 2.16. The van der Waals surface area contributed by atoms with Crippen molar-refractivity contribution in [2.24, 2.45) is 0 Å². The van der Waals surface area contributed by atoms with Crippen LogP contribution in [0, 0.1) is 0 Å². The number of aliphatic hydroxyl groups excluding tert-OH is 1. The lowest BCUT2D eigenvalue weighted by molar-refractivity contribution is -0.275. The van der Waals surface area contributed by atoms with E-state index < -0.39 is 11.9 Å². The zero-order chi connectivity index (χ0) is 12.0. The predicted molar refractivity (Wildman–Crippen MR) is 64.1 cm³/mol. The molecule has 0 saturated carbocycles. The zero-order valence-electron chi connectivity index (χ0n) is 10.3. The van der Waals surface area contributed by atoms with E-state index in [2.05, 4.69) is 0 Å². The minimum absolute atomic E-state index is 0.0778. The topological polar surface area (TPSA) is 38.7 Å². The molecule has 0 amide bonds. The van der Waals surface area contributed by atoms with E-state index in [1.807, 2.05) is 39.0 Å². The van der Waals surface area contributed by atoms with Crippen LogP contribution >= 0.6 is 0 Å². The molecular weight excluding hydrogens is 204 g/mol. The molecule has 92 valence electrons. The highest BCUT2D eigenvalue weighted by Crippen LogP contribution is 2.24. The first kappa shape index (κ1) is 13.4. The Kier molecular flexibility index (Phi) is 5.19. The van der Waals surface area contributed by atoms with Gasteiger partial charge in [-0.05, 0) is 27.2 Å². The van der Waals surface area contributed by atoms with Gasteiger partial charge in [0.25, 0.3) is 0 Å². The van der Waals surface area contributed by atoms with Crippen LogP contribution in [0.15, 0.2) is 24.3 Å². The van der Waals surface area contributed by atoms with Crippen molar-refractivity contribution in [3.8, 4) is 0 Å². The van der Waals surface area contributed by atoms with Crippen molar-refractivity contribution >= 4 is 0 Å². The van der Waals surface area contributed by atoms with E-state index in [1.54, 1.807) is 6.08 Å². The first-order chi connectivity index (χ1) is 7.53. The minimum atomic E-state index is -0.518. The molecule has 0 aromatic heterocycles. The summed E-state index contributed by atoms with van der Waals surface area (Å²) >= 11 is 0. The molecule has 0 aromatic carbocycles. The largest absolute Gasteiger partial charge is 0.389 e. The van der Waals surface area contributed by atoms with Crippen molar-refractivity contribution < 1.29 is 14.6 Å². The highest BCUT2D eigenvalue weighted by atomic mass is 16.7. The molecule has 0 radical (unpaired) electrons. The van der Waals surface area contributed by atoms with Crippen molar-refractivity contribution in [3.63, 3.8) is 0 Å². The summed E-state index contributed by atoms with van der Waals surface area (Å²) in [4.78, 5) is 0. The predicted octanol–water partition coefficient (Wildman–Crippen LogP) is 2.41. The van der Waals surface area contributed by atoms with E-state index in [0.717, 1.165) is 6.42 Å². The van der Waals surface area contributed by atoms with Gasteiger partial charge in [-0.2, -0.15) is 0 Å². The molecule has 0 aromatic rings. The molecule has 1 heterocycles. The van der Waals surface area contributed by atoms with E-state index in [-0.39, 0.29) is 6.10 Å². The van der Waals surface area contributed by atoms with Crippen LogP contribution in [-0.2, 0) is 9.47 Å². The van der Waals surface area contributed by atoms with E-state index in [0.29, 0.717) is 13.0 Å². The van der Waals surface area contributed by atoms with Gasteiger partial charge in [0.05, 0.1) is 18.8 Å². The maximum absolute atomic E-state index is 9.76. The highest BCUT2D eigenvalue weighted by molar-refractivity contribution is 5.03. The quantitative estimate of drug-likeness (QED) is 0.748. The second kappa shape index (κ2) is 6.18. The zero-order valence-corrected chi connectivity index (χ0v) is 10.3. The molecule has 0 spiro atoms. The van der Waals surface area contributed by atoms with Crippen LogP contribution in [0.3, 0.4) is 0 Å². The maximum atomic E-state index is 9.76. The summed E-state index contributed by atoms with van der Waals surface area (Å²) < 4.78 is 11.2. The van der Waals surface area contributed by atoms with Crippen LogP contribution in [0.5, 0.6) is 0 Å². The molecule has 16 heavy (non-hydrogen) atoms. The number of hydrogen-bond donors (Lipinski definition) is 1. The Morgan fingerprint density at radius 2 is 2.19 bits per heavy atom. The Morgan fingerprint density at radius 3 is 2.81 bits per heavy atom. The van der Waals surface area contributed by atoms with Crippen LogP contribution < -0.4 is 0 Å². The molecule has 1 rings (SSSR count). The van der Waals surface area contributed by atoms with Crippen LogP contribution in [0.1, 0.15) is 33.6 Å². The third-order valence-corrected chi connectivity index (χ3v) is 2.48. The molecule has 1 fully saturated rings. The number of allylic oxidation sites excluding steroid dienone is 3. The van der Waals surface area contributed by atoms with Crippen molar-refractivity contribution in [2.75, 3.05) is 6.61 Å². The SMILES string of the molecule is C/C=C/C=C/C(O)CC1CCOC(C)(C)O1. The van der Waals surface area contributed by atoms with Crippen LogP contribution in [-0.4, -0.2) is 29.7 Å². The average molecular weight is 226 g/mol. The lowest BCUT2D eigenvalue weighted by Crippen LogP contribution is -2.40. The number of rotatable bonds is 4. The summed E-state index contributed by atoms with van der Waals surface area (Å²) in [6.45, 7) is 6.45. The molecule has 0 aliphatic carbocycles. The van der Waals surface area contributed by atoms with E-state index in [9.17, 15) is 5.11 Å². The van der Waals surface area contributed by atoms with Crippen molar-refractivity contribution in [2.45, 2.75) is 51.6 Å². The number of aliphatic hydroxyl groups is 1. The first-order valence-electron chi connectivity index (χ1n) is 5.83. The molecule has 0 bridgehead atoms. The third-order valence-electron chi connectivity index (χ3n) is 2.48. The van der Waals surface area contributed by atoms with Gasteiger partial charge >= 0.3 is 0 Å². The van der Waals surface area contributed by atoms with E-state index >= 15 is 0 Å². The first-order valence-corrected chi connectivity index (χ1v) is 5.83. The number of ether oxygens (including phenoxy) is 2. The minimum Gasteiger partial charge on any atom is -0.389 e. The molecule has 3 nitrogen and oxygen atoms in total. The Hall–Kier alpha value is -0.640. The van der Waals surface area contributed by atoms with Gasteiger partial charge in [0, 0.05) is 6.42 Å². The highest BCUT2D eigenvalue weighted by Gasteiger charge is 2.29. The second-order valence-corrected chi connectivity index (χ2v) is 4.49. The van der Waals surface area contributed by atoms with Crippen molar-refractivity contribution in [1.29, 1.82) is 0 Å². The van der Waals surface area contributed by atoms with Gasteiger partial charge in [0.2, 0.25) is 0 Å². The molecule has 3 heteroatoms.